The molecule has 2 aromatic rings. The van der Waals surface area contributed by atoms with E-state index in [1.165, 1.54) is 0 Å². The number of benzene rings is 1. The van der Waals surface area contributed by atoms with Crippen LogP contribution in [0.5, 0.6) is 0 Å². The Hall–Kier alpha value is -2.34. The van der Waals surface area contributed by atoms with Gasteiger partial charge in [0.05, 0.1) is 18.6 Å². The van der Waals surface area contributed by atoms with E-state index in [0.29, 0.717) is 0 Å². The lowest BCUT2D eigenvalue weighted by Gasteiger charge is -2.22. The molecule has 6 nitrogen and oxygen atoms in total. The number of nitrogens with two attached hydrogens (primary N) is 1. The third kappa shape index (κ3) is 4.43. The summed E-state index contributed by atoms with van der Waals surface area (Å²) in [6, 6.07) is 6.91. The van der Waals surface area contributed by atoms with Crippen molar-refractivity contribution in [2.45, 2.75) is 46.7 Å². The Morgan fingerprint density at radius 2 is 1.77 bits per heavy atom. The van der Waals surface area contributed by atoms with E-state index >= 15 is 0 Å². The van der Waals surface area contributed by atoms with E-state index in [2.05, 4.69) is 10.6 Å². The number of para-hydroxylation sites is 1. The van der Waals surface area contributed by atoms with Crippen molar-refractivity contribution in [2.24, 2.45) is 17.6 Å². The van der Waals surface area contributed by atoms with E-state index in [1.54, 1.807) is 0 Å². The zero-order valence-electron chi connectivity index (χ0n) is 16.1. The standard InChI is InChI=1S/C20H29N3O3/c1-11(2)17(21)20(25)22-10-16(24)23-18(12(3)4)19-13(5)14-8-6-7-9-15(14)26-19/h6-9,11-12,17-18H,10,21H2,1-5H3,(H,22,25)(H,23,24)/t17-,18?/m0/s1. The van der Waals surface area contributed by atoms with E-state index < -0.39 is 6.04 Å². The number of carbonyl (C=O) groups excluding carboxylic acids is 2. The summed E-state index contributed by atoms with van der Waals surface area (Å²) in [5.74, 6) is 0.301. The summed E-state index contributed by atoms with van der Waals surface area (Å²) >= 11 is 0. The molecule has 142 valence electrons. The first-order valence-electron chi connectivity index (χ1n) is 9.03. The predicted molar refractivity (Wildman–Crippen MR) is 102 cm³/mol. The molecule has 0 aliphatic heterocycles. The Morgan fingerprint density at radius 3 is 2.35 bits per heavy atom. The van der Waals surface area contributed by atoms with Crippen LogP contribution in [0.2, 0.25) is 0 Å². The summed E-state index contributed by atoms with van der Waals surface area (Å²) in [5.41, 5.74) is 7.61. The highest BCUT2D eigenvalue weighted by Crippen LogP contribution is 2.32. The van der Waals surface area contributed by atoms with Gasteiger partial charge in [-0.05, 0) is 24.8 Å². The first kappa shape index (κ1) is 20.0. The van der Waals surface area contributed by atoms with Gasteiger partial charge in [-0.3, -0.25) is 9.59 Å². The molecule has 1 aromatic heterocycles. The maximum atomic E-state index is 12.3. The minimum Gasteiger partial charge on any atom is -0.459 e. The van der Waals surface area contributed by atoms with Crippen LogP contribution in [0.15, 0.2) is 28.7 Å². The molecule has 6 heteroatoms. The smallest absolute Gasteiger partial charge is 0.239 e. The SMILES string of the molecule is Cc1c(C(NC(=O)CNC(=O)[C@@H](N)C(C)C)C(C)C)oc2ccccc12. The quantitative estimate of drug-likeness (QED) is 0.708. The molecule has 0 aliphatic rings. The van der Waals surface area contributed by atoms with Crippen LogP contribution in [-0.4, -0.2) is 24.4 Å². The van der Waals surface area contributed by atoms with Crippen molar-refractivity contribution in [3.05, 3.63) is 35.6 Å². The van der Waals surface area contributed by atoms with E-state index in [9.17, 15) is 9.59 Å². The molecule has 2 amide bonds. The van der Waals surface area contributed by atoms with Gasteiger partial charge in [0.25, 0.3) is 0 Å². The number of furan rings is 1. The molecule has 0 fully saturated rings. The van der Waals surface area contributed by atoms with Gasteiger partial charge in [-0.2, -0.15) is 0 Å². The van der Waals surface area contributed by atoms with Crippen LogP contribution in [0.3, 0.4) is 0 Å². The summed E-state index contributed by atoms with van der Waals surface area (Å²) in [4.78, 5) is 24.3. The number of hydrogen-bond acceptors (Lipinski definition) is 4. The molecule has 0 spiro atoms. The number of hydrogen-bond donors (Lipinski definition) is 3. The molecule has 2 rings (SSSR count). The van der Waals surface area contributed by atoms with Crippen LogP contribution < -0.4 is 16.4 Å². The minimum atomic E-state index is -0.624. The second-order valence-electron chi connectivity index (χ2n) is 7.36. The lowest BCUT2D eigenvalue weighted by atomic mass is 9.98. The largest absolute Gasteiger partial charge is 0.459 e. The Labute approximate surface area is 154 Å². The molecule has 26 heavy (non-hydrogen) atoms. The van der Waals surface area contributed by atoms with Crippen LogP contribution in [-0.2, 0) is 9.59 Å². The lowest BCUT2D eigenvalue weighted by Crippen LogP contribution is -2.47. The Balaban J connectivity index is 2.09. The highest BCUT2D eigenvalue weighted by atomic mass is 16.3. The van der Waals surface area contributed by atoms with Gasteiger partial charge in [0, 0.05) is 10.9 Å². The molecule has 0 saturated heterocycles. The van der Waals surface area contributed by atoms with Gasteiger partial charge in [-0.1, -0.05) is 45.9 Å². The maximum Gasteiger partial charge on any atom is 0.239 e. The fourth-order valence-corrected chi connectivity index (χ4v) is 2.84. The van der Waals surface area contributed by atoms with Crippen molar-refractivity contribution in [1.29, 1.82) is 0 Å². The minimum absolute atomic E-state index is 0.0136. The molecule has 1 heterocycles. The molecular weight excluding hydrogens is 330 g/mol. The highest BCUT2D eigenvalue weighted by molar-refractivity contribution is 5.88. The normalized spacial score (nSPS) is 13.8. The van der Waals surface area contributed by atoms with Crippen molar-refractivity contribution in [2.75, 3.05) is 6.54 Å². The second-order valence-corrected chi connectivity index (χ2v) is 7.36. The molecule has 0 bridgehead atoms. The molecule has 1 aromatic carbocycles. The zero-order chi connectivity index (χ0) is 19.4. The van der Waals surface area contributed by atoms with Gasteiger partial charge in [0.15, 0.2) is 0 Å². The van der Waals surface area contributed by atoms with Crippen molar-refractivity contribution in [3.63, 3.8) is 0 Å². The van der Waals surface area contributed by atoms with E-state index in [-0.39, 0.29) is 36.2 Å². The van der Waals surface area contributed by atoms with Gasteiger partial charge in [0.2, 0.25) is 11.8 Å². The van der Waals surface area contributed by atoms with Crippen LogP contribution in [0.1, 0.15) is 45.1 Å². The van der Waals surface area contributed by atoms with Crippen molar-refractivity contribution in [1.82, 2.24) is 10.6 Å². The number of rotatable bonds is 7. The van der Waals surface area contributed by atoms with Gasteiger partial charge in [-0.25, -0.2) is 0 Å². The van der Waals surface area contributed by atoms with Gasteiger partial charge in [-0.15, -0.1) is 0 Å². The topological polar surface area (TPSA) is 97.4 Å². The Bertz CT molecular complexity index is 780. The Kier molecular flexibility index (Phi) is 6.42. The van der Waals surface area contributed by atoms with E-state index in [0.717, 1.165) is 22.3 Å². The van der Waals surface area contributed by atoms with Gasteiger partial charge < -0.3 is 20.8 Å². The van der Waals surface area contributed by atoms with E-state index in [4.69, 9.17) is 10.2 Å². The fourth-order valence-electron chi connectivity index (χ4n) is 2.84. The third-order valence-corrected chi connectivity index (χ3v) is 4.59. The number of amides is 2. The molecule has 2 atom stereocenters. The lowest BCUT2D eigenvalue weighted by molar-refractivity contribution is -0.127. The second kappa shape index (κ2) is 8.36. The molecule has 1 unspecified atom stereocenters. The first-order chi connectivity index (χ1) is 12.2. The molecule has 0 saturated carbocycles. The van der Waals surface area contributed by atoms with Gasteiger partial charge >= 0.3 is 0 Å². The summed E-state index contributed by atoms with van der Waals surface area (Å²) in [6.07, 6.45) is 0. The average Bonchev–Trinajstić information content (AvgIpc) is 2.93. The number of fused-ring (bicyclic) bond motifs is 1. The molecule has 0 radical (unpaired) electrons. The summed E-state index contributed by atoms with van der Waals surface area (Å²) in [7, 11) is 0. The van der Waals surface area contributed by atoms with E-state index in [1.807, 2.05) is 58.9 Å². The highest BCUT2D eigenvalue weighted by Gasteiger charge is 2.25. The van der Waals surface area contributed by atoms with Crippen molar-refractivity contribution < 1.29 is 14.0 Å². The van der Waals surface area contributed by atoms with Crippen LogP contribution in [0.25, 0.3) is 11.0 Å². The van der Waals surface area contributed by atoms with Crippen molar-refractivity contribution >= 4 is 22.8 Å². The van der Waals surface area contributed by atoms with Gasteiger partial charge in [0.1, 0.15) is 11.3 Å². The van der Waals surface area contributed by atoms with Crippen LogP contribution in [0.4, 0.5) is 0 Å². The summed E-state index contributed by atoms with van der Waals surface area (Å²) in [6.45, 7) is 9.65. The molecular formula is C20H29N3O3. The summed E-state index contributed by atoms with van der Waals surface area (Å²) in [5, 5.41) is 6.60. The maximum absolute atomic E-state index is 12.3. The Morgan fingerprint density at radius 1 is 1.12 bits per heavy atom. The number of aryl methyl sites for hydroxylation is 1. The molecule has 4 N–H and O–H groups in total. The number of carbonyl (C=O) groups is 2. The number of nitrogens with one attached hydrogen (secondary N) is 2. The zero-order valence-corrected chi connectivity index (χ0v) is 16.1. The fraction of sp³-hybridized carbons (Fsp3) is 0.500. The van der Waals surface area contributed by atoms with Crippen LogP contribution in [0, 0.1) is 18.8 Å². The van der Waals surface area contributed by atoms with Crippen LogP contribution >= 0.6 is 0 Å². The molecule has 0 aliphatic carbocycles. The van der Waals surface area contributed by atoms with Crippen molar-refractivity contribution in [3.8, 4) is 0 Å². The average molecular weight is 359 g/mol. The third-order valence-electron chi connectivity index (χ3n) is 4.59. The summed E-state index contributed by atoms with van der Waals surface area (Å²) < 4.78 is 6.00. The predicted octanol–water partition coefficient (Wildman–Crippen LogP) is 2.65. The first-order valence-corrected chi connectivity index (χ1v) is 9.03. The monoisotopic (exact) mass is 359 g/mol.